The minimum atomic E-state index is -0.732. The highest BCUT2D eigenvalue weighted by atomic mass is 32.1. The van der Waals surface area contributed by atoms with Gasteiger partial charge in [0.25, 0.3) is 5.91 Å². The number of benzene rings is 3. The molecule has 2 aliphatic rings. The number of piperidine rings is 1. The van der Waals surface area contributed by atoms with Crippen molar-refractivity contribution in [1.82, 2.24) is 10.2 Å². The van der Waals surface area contributed by atoms with E-state index in [-0.39, 0.29) is 43.6 Å². The fraction of sp³-hybridized carbons (Fsp3) is 0.200. The number of amides is 4. The highest BCUT2D eigenvalue weighted by molar-refractivity contribution is 7.17. The molecule has 41 heavy (non-hydrogen) atoms. The number of anilines is 1. The second-order valence-electron chi connectivity index (χ2n) is 9.64. The largest absolute Gasteiger partial charge is 0.495 e. The molecule has 2 aliphatic heterocycles. The molecule has 10 nitrogen and oxygen atoms in total. The average Bonchev–Trinajstić information content (AvgIpc) is 3.57. The molecule has 3 aromatic carbocycles. The Balaban J connectivity index is 1.07. The van der Waals surface area contributed by atoms with Gasteiger partial charge in [0.15, 0.2) is 0 Å². The average molecular weight is 572 g/mol. The number of imide groups is 1. The zero-order valence-electron chi connectivity index (χ0n) is 22.0. The van der Waals surface area contributed by atoms with Crippen molar-refractivity contribution in [2.45, 2.75) is 32.0 Å². The van der Waals surface area contributed by atoms with E-state index >= 15 is 0 Å². The molecule has 3 heterocycles. The van der Waals surface area contributed by atoms with Crippen LogP contribution in [0.3, 0.4) is 0 Å². The molecule has 0 aliphatic carbocycles. The standard InChI is InChI=1S/C30H25N3O7S/c1-38-27-19(3-2-18-15-33(29(36)26(18)27)23-9-11-25(34)32-28(23)35)16-39-30(37)31-20-4-6-21(7-5-20)40-22-8-10-24-17(14-22)12-13-41-24/h2-8,10,12-14,23H,9,11,15-16H2,1H3,(H,31,37)(H,32,34,35). The van der Waals surface area contributed by atoms with E-state index in [4.69, 9.17) is 14.2 Å². The normalized spacial score (nSPS) is 16.4. The van der Waals surface area contributed by atoms with Crippen LogP contribution in [-0.4, -0.2) is 41.9 Å². The van der Waals surface area contributed by atoms with Crippen LogP contribution in [0.1, 0.15) is 34.3 Å². The molecule has 2 N–H and O–H groups in total. The number of nitrogens with zero attached hydrogens (tertiary/aromatic N) is 1. The Morgan fingerprint density at radius 2 is 1.85 bits per heavy atom. The second-order valence-corrected chi connectivity index (χ2v) is 10.6. The van der Waals surface area contributed by atoms with Gasteiger partial charge in [-0.05, 0) is 71.3 Å². The van der Waals surface area contributed by atoms with Gasteiger partial charge in [0, 0.05) is 28.9 Å². The third-order valence-electron chi connectivity index (χ3n) is 7.05. The SMILES string of the molecule is COc1c(COC(=O)Nc2ccc(Oc3ccc4sccc4c3)cc2)ccc2c1C(=O)N(C1CCC(=O)NC1=O)C2. The maximum Gasteiger partial charge on any atom is 0.411 e. The topological polar surface area (TPSA) is 123 Å². The van der Waals surface area contributed by atoms with Crippen LogP contribution in [0.5, 0.6) is 17.2 Å². The lowest BCUT2D eigenvalue weighted by Gasteiger charge is -2.29. The fourth-order valence-corrected chi connectivity index (χ4v) is 5.83. The number of carbonyl (C=O) groups excluding carboxylic acids is 4. The maximum atomic E-state index is 13.3. The molecule has 208 valence electrons. The van der Waals surface area contributed by atoms with Gasteiger partial charge in [-0.15, -0.1) is 11.3 Å². The molecule has 1 fully saturated rings. The minimum Gasteiger partial charge on any atom is -0.495 e. The van der Waals surface area contributed by atoms with Crippen LogP contribution in [0.25, 0.3) is 10.1 Å². The van der Waals surface area contributed by atoms with Crippen molar-refractivity contribution in [3.63, 3.8) is 0 Å². The monoisotopic (exact) mass is 571 g/mol. The summed E-state index contributed by atoms with van der Waals surface area (Å²) in [7, 11) is 1.43. The smallest absolute Gasteiger partial charge is 0.411 e. The Labute approximate surface area is 238 Å². The Morgan fingerprint density at radius 1 is 1.05 bits per heavy atom. The van der Waals surface area contributed by atoms with Crippen LogP contribution < -0.4 is 20.1 Å². The van der Waals surface area contributed by atoms with Crippen molar-refractivity contribution >= 4 is 50.9 Å². The summed E-state index contributed by atoms with van der Waals surface area (Å²) >= 11 is 1.67. The first-order valence-corrected chi connectivity index (χ1v) is 13.8. The molecular weight excluding hydrogens is 546 g/mol. The van der Waals surface area contributed by atoms with E-state index in [0.717, 1.165) is 11.1 Å². The highest BCUT2D eigenvalue weighted by Crippen LogP contribution is 2.36. The minimum absolute atomic E-state index is 0.139. The number of thiophene rings is 1. The number of ether oxygens (including phenoxy) is 3. The number of rotatable bonds is 7. The van der Waals surface area contributed by atoms with Gasteiger partial charge in [0.05, 0.1) is 12.7 Å². The summed E-state index contributed by atoms with van der Waals surface area (Å²) in [6.07, 6.45) is -0.245. The lowest BCUT2D eigenvalue weighted by atomic mass is 10.0. The highest BCUT2D eigenvalue weighted by Gasteiger charge is 2.41. The first kappa shape index (κ1) is 26.3. The number of nitrogens with one attached hydrogen (secondary N) is 2. The number of hydrogen-bond acceptors (Lipinski definition) is 8. The molecule has 11 heteroatoms. The molecule has 1 saturated heterocycles. The van der Waals surface area contributed by atoms with Gasteiger partial charge in [-0.2, -0.15) is 0 Å². The van der Waals surface area contributed by atoms with Crippen LogP contribution in [0.2, 0.25) is 0 Å². The van der Waals surface area contributed by atoms with E-state index in [9.17, 15) is 19.2 Å². The number of carbonyl (C=O) groups is 4. The van der Waals surface area contributed by atoms with E-state index < -0.39 is 18.0 Å². The van der Waals surface area contributed by atoms with E-state index in [1.807, 2.05) is 29.6 Å². The van der Waals surface area contributed by atoms with E-state index in [1.54, 1.807) is 47.7 Å². The van der Waals surface area contributed by atoms with Gasteiger partial charge >= 0.3 is 6.09 Å². The first-order chi connectivity index (χ1) is 19.9. The molecule has 0 radical (unpaired) electrons. The fourth-order valence-electron chi connectivity index (χ4n) is 5.06. The summed E-state index contributed by atoms with van der Waals surface area (Å²) in [5, 5.41) is 8.12. The summed E-state index contributed by atoms with van der Waals surface area (Å²) in [5.74, 6) is 0.436. The lowest BCUT2D eigenvalue weighted by Crippen LogP contribution is -2.52. The van der Waals surface area contributed by atoms with Crippen LogP contribution in [0.15, 0.2) is 66.0 Å². The zero-order chi connectivity index (χ0) is 28.5. The predicted molar refractivity (Wildman–Crippen MR) is 151 cm³/mol. The summed E-state index contributed by atoms with van der Waals surface area (Å²) in [5.41, 5.74) is 2.05. The molecule has 1 atom stereocenters. The van der Waals surface area contributed by atoms with E-state index in [2.05, 4.69) is 10.6 Å². The van der Waals surface area contributed by atoms with Crippen LogP contribution >= 0.6 is 11.3 Å². The maximum absolute atomic E-state index is 13.3. The van der Waals surface area contributed by atoms with Crippen molar-refractivity contribution in [2.24, 2.45) is 0 Å². The molecule has 0 bridgehead atoms. The Morgan fingerprint density at radius 3 is 2.63 bits per heavy atom. The molecule has 0 spiro atoms. The summed E-state index contributed by atoms with van der Waals surface area (Å²) in [4.78, 5) is 51.1. The van der Waals surface area contributed by atoms with Gasteiger partial charge in [-0.1, -0.05) is 12.1 Å². The predicted octanol–water partition coefficient (Wildman–Crippen LogP) is 5.21. The number of fused-ring (bicyclic) bond motifs is 2. The quantitative estimate of drug-likeness (QED) is 0.292. The lowest BCUT2D eigenvalue weighted by molar-refractivity contribution is -0.136. The molecule has 6 rings (SSSR count). The third-order valence-corrected chi connectivity index (χ3v) is 7.95. The van der Waals surface area contributed by atoms with Crippen molar-refractivity contribution < 1.29 is 33.4 Å². The first-order valence-electron chi connectivity index (χ1n) is 12.9. The van der Waals surface area contributed by atoms with Gasteiger partial charge in [-0.3, -0.25) is 25.0 Å². The van der Waals surface area contributed by atoms with E-state index in [0.29, 0.717) is 28.1 Å². The van der Waals surface area contributed by atoms with Gasteiger partial charge in [0.1, 0.15) is 29.9 Å². The summed E-state index contributed by atoms with van der Waals surface area (Å²) in [6.45, 7) is 0.0843. The molecule has 1 unspecified atom stereocenters. The van der Waals surface area contributed by atoms with Gasteiger partial charge < -0.3 is 19.1 Å². The zero-order valence-corrected chi connectivity index (χ0v) is 22.8. The summed E-state index contributed by atoms with van der Waals surface area (Å²) in [6, 6.07) is 17.6. The van der Waals surface area contributed by atoms with Crippen LogP contribution in [-0.2, 0) is 27.5 Å². The Hall–Kier alpha value is -4.90. The van der Waals surface area contributed by atoms with Gasteiger partial charge in [-0.25, -0.2) is 4.79 Å². The molecule has 4 aromatic rings. The van der Waals surface area contributed by atoms with E-state index in [1.165, 1.54) is 16.7 Å². The molecule has 0 saturated carbocycles. The van der Waals surface area contributed by atoms with Crippen molar-refractivity contribution in [3.05, 3.63) is 82.7 Å². The molecule has 4 amide bonds. The van der Waals surface area contributed by atoms with Crippen LogP contribution in [0, 0.1) is 0 Å². The second kappa shape index (κ2) is 10.9. The third kappa shape index (κ3) is 5.31. The number of hydrogen-bond donors (Lipinski definition) is 2. The number of methoxy groups -OCH3 is 1. The van der Waals surface area contributed by atoms with Crippen LogP contribution in [0.4, 0.5) is 10.5 Å². The Kier molecular flexibility index (Phi) is 7.02. The van der Waals surface area contributed by atoms with Gasteiger partial charge in [0.2, 0.25) is 11.8 Å². The van der Waals surface area contributed by atoms with Crippen molar-refractivity contribution in [1.29, 1.82) is 0 Å². The summed E-state index contributed by atoms with van der Waals surface area (Å²) < 4.78 is 18.1. The van der Waals surface area contributed by atoms with Crippen molar-refractivity contribution in [3.8, 4) is 17.2 Å². The Bertz CT molecular complexity index is 1680. The van der Waals surface area contributed by atoms with Crippen molar-refractivity contribution in [2.75, 3.05) is 12.4 Å². The molecular formula is C30H25N3O7S. The molecule has 1 aromatic heterocycles.